The average molecular weight is 92.8 g/mol. The number of hydrogen-bond acceptors (Lipinski definition) is 0. The first kappa shape index (κ1) is 2.16. The van der Waals surface area contributed by atoms with Crippen molar-refractivity contribution in [2.75, 3.05) is 6.04 Å². The van der Waals surface area contributed by atoms with E-state index in [9.17, 15) is 0 Å². The smallest absolute Gasteiger partial charge is 0.0716 e. The summed E-state index contributed by atoms with van der Waals surface area (Å²) < 4.78 is 13.4. The lowest BCUT2D eigenvalue weighted by Crippen LogP contribution is -1.55. The lowest BCUT2D eigenvalue weighted by atomic mass is 10.2. The van der Waals surface area contributed by atoms with Crippen LogP contribution < -0.4 is 0 Å². The van der Waals surface area contributed by atoms with Crippen molar-refractivity contribution in [1.29, 1.82) is 1.28 Å². The molecule has 3 unspecified atom stereocenters. The van der Waals surface area contributed by atoms with Crippen LogP contribution in [-0.4, -0.2) is 15.2 Å². The standard InChI is InChI=1S/CH5BP2/c2-1-4-3/h4H,1,3H2/i1T,4D. The second-order valence-electron chi connectivity index (χ2n) is 0.298. The quantitative estimate of drug-likeness (QED) is 0.328. The molecular formula is CH5BP2. The molecule has 0 aromatic carbocycles. The molecule has 0 bridgehead atoms. The predicted octanol–water partition coefficient (Wildman–Crippen LogP) is 0.581. The van der Waals surface area contributed by atoms with Gasteiger partial charge in [0.1, 0.15) is 0 Å². The van der Waals surface area contributed by atoms with Crippen LogP contribution in [0.1, 0.15) is 1.37 Å². The maximum absolute atomic E-state index is 6.75. The van der Waals surface area contributed by atoms with E-state index in [1.807, 2.05) is 0 Å². The minimum absolute atomic E-state index is 0.704. The Bertz CT molecular complexity index is 32.5. The summed E-state index contributed by atoms with van der Waals surface area (Å²) in [6.45, 7) is 0. The van der Waals surface area contributed by atoms with E-state index in [4.69, 9.17) is 10.5 Å². The van der Waals surface area contributed by atoms with Gasteiger partial charge in [0.05, 0.1) is 9.12 Å². The number of hydrogen-bond donors (Lipinski definition) is 0. The fourth-order valence-corrected chi connectivity index (χ4v) is 0. The van der Waals surface area contributed by atoms with Crippen LogP contribution in [0.2, 0.25) is 0 Å². The van der Waals surface area contributed by atoms with Crippen molar-refractivity contribution in [2.24, 2.45) is 0 Å². The van der Waals surface area contributed by atoms with E-state index < -0.39 is 14.3 Å². The highest BCUT2D eigenvalue weighted by molar-refractivity contribution is 8.03. The van der Waals surface area contributed by atoms with Gasteiger partial charge in [-0.2, -0.15) is 0 Å². The Kier molecular flexibility index (Phi) is 2.12. The molecule has 3 heteroatoms. The van der Waals surface area contributed by atoms with Crippen LogP contribution in [0.4, 0.5) is 0 Å². The van der Waals surface area contributed by atoms with Crippen molar-refractivity contribution in [3.05, 3.63) is 0 Å². The Morgan fingerprint density at radius 3 is 3.25 bits per heavy atom. The highest BCUT2D eigenvalue weighted by Gasteiger charge is 1.55. The van der Waals surface area contributed by atoms with Gasteiger partial charge in [-0.1, -0.05) is 6.04 Å². The zero-order valence-corrected chi connectivity index (χ0v) is 4.23. The van der Waals surface area contributed by atoms with Crippen LogP contribution in [0.25, 0.3) is 0 Å². The predicted molar refractivity (Wildman–Crippen MR) is 28.6 cm³/mol. The maximum atomic E-state index is 6.75. The summed E-state index contributed by atoms with van der Waals surface area (Å²) in [5, 5.41) is 0. The van der Waals surface area contributed by atoms with Crippen LogP contribution >= 0.6 is 17.1 Å². The second kappa shape index (κ2) is 3.92. The first-order valence-corrected chi connectivity index (χ1v) is 3.43. The van der Waals surface area contributed by atoms with Crippen molar-refractivity contribution >= 4 is 25.0 Å². The maximum Gasteiger partial charge on any atom is 0.0716 e. The van der Waals surface area contributed by atoms with Crippen molar-refractivity contribution in [3.8, 4) is 0 Å². The molecule has 0 aromatic rings. The van der Waals surface area contributed by atoms with Gasteiger partial charge in [0.2, 0.25) is 0 Å². The third-order valence-corrected chi connectivity index (χ3v) is 0.775. The van der Waals surface area contributed by atoms with E-state index in [-0.39, 0.29) is 0 Å². The van der Waals surface area contributed by atoms with Crippen molar-refractivity contribution in [2.45, 2.75) is 0 Å². The van der Waals surface area contributed by atoms with Gasteiger partial charge in [0, 0.05) is 1.37 Å². The van der Waals surface area contributed by atoms with Crippen LogP contribution in [-0.2, 0) is 0 Å². The normalized spacial score (nSPS) is 30.2. The summed E-state index contributed by atoms with van der Waals surface area (Å²) in [5.74, 6) is 0. The summed E-state index contributed by atoms with van der Waals surface area (Å²) in [5.41, 5.74) is 0. The first-order valence-electron chi connectivity index (χ1n) is 1.87. The molecule has 4 heavy (non-hydrogen) atoms. The third kappa shape index (κ3) is 2.92. The van der Waals surface area contributed by atoms with Gasteiger partial charge in [0.25, 0.3) is 0 Å². The minimum Gasteiger partial charge on any atom is -0.115 e. The summed E-state index contributed by atoms with van der Waals surface area (Å²) >= 11 is 0. The Balaban J connectivity index is 2.99. The molecule has 0 amide bonds. The topological polar surface area (TPSA) is 0 Å². The van der Waals surface area contributed by atoms with E-state index in [1.54, 1.807) is 0 Å². The van der Waals surface area contributed by atoms with E-state index in [1.165, 1.54) is 0 Å². The van der Waals surface area contributed by atoms with Crippen LogP contribution in [0, 0.1) is 0 Å². The molecular weight excluding hydrogens is 84.8 g/mol. The molecule has 0 aliphatic heterocycles. The lowest BCUT2D eigenvalue weighted by molar-refractivity contribution is 2.24. The molecule has 0 N–H and O–H groups in total. The van der Waals surface area contributed by atoms with E-state index in [2.05, 4.69) is 8.93 Å². The first-order chi connectivity index (χ1) is 2.64. The minimum atomic E-state index is -1.05. The monoisotopic (exact) mass is 93.0 g/mol. The molecule has 0 aromatic heterocycles. The molecule has 2 radical (unpaired) electrons. The highest BCUT2D eigenvalue weighted by atomic mass is 32.0. The van der Waals surface area contributed by atoms with Gasteiger partial charge in [0.15, 0.2) is 0 Å². The molecule has 0 aliphatic carbocycles. The van der Waals surface area contributed by atoms with Crippen LogP contribution in [0.3, 0.4) is 0 Å². The van der Waals surface area contributed by atoms with E-state index >= 15 is 0 Å². The van der Waals surface area contributed by atoms with Crippen LogP contribution in [0.15, 0.2) is 0 Å². The molecule has 0 aliphatic rings. The molecule has 22 valence electrons. The van der Waals surface area contributed by atoms with Gasteiger partial charge < -0.3 is 0 Å². The zero-order valence-electron chi connectivity index (χ0n) is 4.18. The van der Waals surface area contributed by atoms with Gasteiger partial charge in [-0.05, 0) is 0 Å². The van der Waals surface area contributed by atoms with Gasteiger partial charge in [-0.25, -0.2) is 0 Å². The summed E-state index contributed by atoms with van der Waals surface area (Å²) in [6, 6.07) is -0.704. The Hall–Kier alpha value is 0.925. The average Bonchev–Trinajstić information content (AvgIpc) is 1.36. The zero-order chi connectivity index (χ0) is 5.15. The Morgan fingerprint density at radius 2 is 3.25 bits per heavy atom. The molecule has 0 nitrogen and oxygen atoms in total. The van der Waals surface area contributed by atoms with Crippen molar-refractivity contribution in [3.63, 3.8) is 0 Å². The van der Waals surface area contributed by atoms with Crippen LogP contribution in [0.5, 0.6) is 0 Å². The van der Waals surface area contributed by atoms with Crippen molar-refractivity contribution in [1.82, 2.24) is 0 Å². The van der Waals surface area contributed by atoms with Gasteiger partial charge >= 0.3 is 0 Å². The van der Waals surface area contributed by atoms with Crippen molar-refractivity contribution < 1.29 is 1.37 Å². The molecule has 0 spiro atoms. The Labute approximate surface area is 34.7 Å². The largest absolute Gasteiger partial charge is 0.115 e. The fraction of sp³-hybridized carbons (Fsp3) is 1.00. The summed E-state index contributed by atoms with van der Waals surface area (Å²) in [6.07, 6.45) is 0. The summed E-state index contributed by atoms with van der Waals surface area (Å²) in [4.78, 5) is 0. The molecule has 3 atom stereocenters. The highest BCUT2D eigenvalue weighted by Crippen LogP contribution is 2.15. The fourth-order valence-electron chi connectivity index (χ4n) is 0. The second-order valence-corrected chi connectivity index (χ2v) is 1.79. The SMILES string of the molecule is [2H]P(P)C([3H])[B]. The Morgan fingerprint density at radius 1 is 3.00 bits per heavy atom. The third-order valence-electron chi connectivity index (χ3n) is 0.0861. The molecule has 0 fully saturated rings. The molecule has 0 saturated carbocycles. The van der Waals surface area contributed by atoms with Gasteiger partial charge in [-0.15, -0.1) is 17.1 Å². The molecule has 0 saturated heterocycles. The van der Waals surface area contributed by atoms with E-state index in [0.717, 1.165) is 0 Å². The molecule has 0 heterocycles. The molecule has 0 rings (SSSR count). The number of rotatable bonds is 1. The van der Waals surface area contributed by atoms with E-state index in [0.29, 0.717) is 0 Å². The summed E-state index contributed by atoms with van der Waals surface area (Å²) in [7, 11) is 6.07. The lowest BCUT2D eigenvalue weighted by Gasteiger charge is -1.69. The van der Waals surface area contributed by atoms with Gasteiger partial charge in [-0.3, -0.25) is 0 Å².